The highest BCUT2D eigenvalue weighted by molar-refractivity contribution is 7.45. The Bertz CT molecular complexity index is 1280. The summed E-state index contributed by atoms with van der Waals surface area (Å²) in [5.41, 5.74) is 0. The van der Waals surface area contributed by atoms with Gasteiger partial charge in [-0.15, -0.1) is 0 Å². The van der Waals surface area contributed by atoms with Crippen LogP contribution in [0.2, 0.25) is 0 Å². The summed E-state index contributed by atoms with van der Waals surface area (Å²) in [5.74, 6) is -0.844. The summed E-state index contributed by atoms with van der Waals surface area (Å²) < 4.78 is 33.9. The van der Waals surface area contributed by atoms with Crippen molar-refractivity contribution in [1.29, 1.82) is 0 Å². The van der Waals surface area contributed by atoms with Gasteiger partial charge >= 0.3 is 11.9 Å². The summed E-state index contributed by atoms with van der Waals surface area (Å²) in [7, 11) is 1.16. The first-order valence-electron chi connectivity index (χ1n) is 24.6. The zero-order valence-electron chi connectivity index (χ0n) is 40.3. The molecule has 0 radical (unpaired) electrons. The molecule has 0 aliphatic heterocycles. The number of quaternary nitrogens is 1. The zero-order valence-corrected chi connectivity index (χ0v) is 41.2. The third-order valence-electron chi connectivity index (χ3n) is 10.2. The van der Waals surface area contributed by atoms with E-state index in [4.69, 9.17) is 18.5 Å². The van der Waals surface area contributed by atoms with Gasteiger partial charge in [-0.1, -0.05) is 189 Å². The predicted molar refractivity (Wildman–Crippen MR) is 259 cm³/mol. The Kier molecular flexibility index (Phi) is 41.9. The highest BCUT2D eigenvalue weighted by Crippen LogP contribution is 2.38. The van der Waals surface area contributed by atoms with Crippen molar-refractivity contribution < 1.29 is 42.1 Å². The van der Waals surface area contributed by atoms with Crippen LogP contribution in [0.5, 0.6) is 0 Å². The molecule has 0 aromatic carbocycles. The Labute approximate surface area is 380 Å². The van der Waals surface area contributed by atoms with Crippen LogP contribution in [0.25, 0.3) is 0 Å². The lowest BCUT2D eigenvalue weighted by atomic mass is 10.0. The molecule has 0 aromatic rings. The molecule has 9 nitrogen and oxygen atoms in total. The molecule has 0 N–H and O–H groups in total. The number of carbonyl (C=O) groups excluding carboxylic acids is 2. The van der Waals surface area contributed by atoms with Gasteiger partial charge in [0.15, 0.2) is 6.10 Å². The number of carbonyl (C=O) groups is 2. The lowest BCUT2D eigenvalue weighted by Crippen LogP contribution is -2.37. The number of unbranched alkanes of at least 4 members (excludes halogenated alkanes) is 18. The number of phosphoric ester groups is 1. The summed E-state index contributed by atoms with van der Waals surface area (Å²) >= 11 is 0. The third kappa shape index (κ3) is 46.9. The molecule has 0 saturated heterocycles. The summed E-state index contributed by atoms with van der Waals surface area (Å²) in [6.45, 7) is 4.08. The first kappa shape index (κ1) is 59.5. The van der Waals surface area contributed by atoms with Gasteiger partial charge in [-0.2, -0.15) is 0 Å². The van der Waals surface area contributed by atoms with Crippen LogP contribution in [0.1, 0.15) is 194 Å². The molecule has 0 spiro atoms. The fraction of sp³-hybridized carbons (Fsp3) is 0.731. The van der Waals surface area contributed by atoms with Crippen molar-refractivity contribution in [1.82, 2.24) is 0 Å². The number of ether oxygens (including phenoxy) is 2. The van der Waals surface area contributed by atoms with Gasteiger partial charge in [0, 0.05) is 12.8 Å². The van der Waals surface area contributed by atoms with Crippen molar-refractivity contribution in [2.45, 2.75) is 200 Å². The van der Waals surface area contributed by atoms with E-state index in [0.29, 0.717) is 17.4 Å². The predicted octanol–water partition coefficient (Wildman–Crippen LogP) is 13.9. The molecule has 0 heterocycles. The van der Waals surface area contributed by atoms with Crippen molar-refractivity contribution >= 4 is 19.8 Å². The molecule has 0 bridgehead atoms. The Balaban J connectivity index is 4.14. The Morgan fingerprint density at radius 1 is 0.516 bits per heavy atom. The Morgan fingerprint density at radius 3 is 1.37 bits per heavy atom. The summed E-state index contributed by atoms with van der Waals surface area (Å²) in [6, 6.07) is 0. The molecule has 0 aliphatic carbocycles. The van der Waals surface area contributed by atoms with Crippen LogP contribution in [0.3, 0.4) is 0 Å². The lowest BCUT2D eigenvalue weighted by Gasteiger charge is -2.28. The molecular weight excluding hydrogens is 798 g/mol. The van der Waals surface area contributed by atoms with E-state index < -0.39 is 26.5 Å². The van der Waals surface area contributed by atoms with Crippen LogP contribution in [0.15, 0.2) is 72.9 Å². The van der Waals surface area contributed by atoms with Crippen molar-refractivity contribution in [3.05, 3.63) is 72.9 Å². The van der Waals surface area contributed by atoms with E-state index in [1.807, 2.05) is 21.1 Å². The number of allylic oxidation sites excluding steroid dienone is 12. The van der Waals surface area contributed by atoms with Gasteiger partial charge in [0.25, 0.3) is 7.82 Å². The van der Waals surface area contributed by atoms with E-state index in [1.165, 1.54) is 77.0 Å². The normalized spacial score (nSPS) is 14.1. The fourth-order valence-corrected chi connectivity index (χ4v) is 7.15. The van der Waals surface area contributed by atoms with E-state index in [2.05, 4.69) is 86.8 Å². The minimum atomic E-state index is -4.63. The topological polar surface area (TPSA) is 111 Å². The van der Waals surface area contributed by atoms with Crippen LogP contribution < -0.4 is 4.89 Å². The molecule has 0 rings (SSSR count). The van der Waals surface area contributed by atoms with E-state index in [-0.39, 0.29) is 32.0 Å². The molecule has 358 valence electrons. The van der Waals surface area contributed by atoms with Gasteiger partial charge in [-0.3, -0.25) is 14.2 Å². The second-order valence-corrected chi connectivity index (χ2v) is 18.9. The van der Waals surface area contributed by atoms with Crippen LogP contribution in [-0.4, -0.2) is 70.0 Å². The highest BCUT2D eigenvalue weighted by Gasteiger charge is 2.21. The average molecular weight is 890 g/mol. The first-order valence-corrected chi connectivity index (χ1v) is 26.1. The molecule has 2 atom stereocenters. The Morgan fingerprint density at radius 2 is 0.919 bits per heavy atom. The van der Waals surface area contributed by atoms with E-state index >= 15 is 0 Å². The molecule has 0 saturated carbocycles. The first-order chi connectivity index (χ1) is 30.0. The van der Waals surface area contributed by atoms with Gasteiger partial charge in [0.05, 0.1) is 27.7 Å². The van der Waals surface area contributed by atoms with E-state index in [1.54, 1.807) is 0 Å². The second-order valence-electron chi connectivity index (χ2n) is 17.5. The summed E-state index contributed by atoms with van der Waals surface area (Å²) in [6.07, 6.45) is 55.2. The van der Waals surface area contributed by atoms with Gasteiger partial charge in [0.2, 0.25) is 0 Å². The van der Waals surface area contributed by atoms with Gasteiger partial charge < -0.3 is 27.9 Å². The SMILES string of the molecule is CC/C=C\C/C=C\C/C=C\C/C=C\C/C=C\C/C=C\CCCCCCCCCCCCC(=O)OC(COC(=O)CCCCCCCCCCC)COP(=O)([O-])OCC[N+](C)(C)C. The molecule has 0 aliphatic rings. The lowest BCUT2D eigenvalue weighted by molar-refractivity contribution is -0.870. The number of rotatable bonds is 44. The maximum atomic E-state index is 12.7. The number of likely N-dealkylation sites (N-methyl/N-ethyl adjacent to an activating group) is 1. The maximum Gasteiger partial charge on any atom is 0.306 e. The maximum absolute atomic E-state index is 12.7. The molecule has 10 heteroatoms. The van der Waals surface area contributed by atoms with Gasteiger partial charge in [0.1, 0.15) is 19.8 Å². The molecule has 0 fully saturated rings. The van der Waals surface area contributed by atoms with Crippen LogP contribution >= 0.6 is 7.82 Å². The van der Waals surface area contributed by atoms with Crippen molar-refractivity contribution in [2.24, 2.45) is 0 Å². The molecule has 2 unspecified atom stereocenters. The van der Waals surface area contributed by atoms with Crippen molar-refractivity contribution in [2.75, 3.05) is 47.5 Å². The fourth-order valence-electron chi connectivity index (χ4n) is 6.42. The average Bonchev–Trinajstić information content (AvgIpc) is 3.23. The van der Waals surface area contributed by atoms with Gasteiger partial charge in [-0.05, 0) is 64.2 Å². The van der Waals surface area contributed by atoms with Crippen LogP contribution in [0.4, 0.5) is 0 Å². The number of hydrogen-bond donors (Lipinski definition) is 0. The van der Waals surface area contributed by atoms with Crippen molar-refractivity contribution in [3.8, 4) is 0 Å². The third-order valence-corrected chi connectivity index (χ3v) is 11.2. The smallest absolute Gasteiger partial charge is 0.306 e. The quantitative estimate of drug-likeness (QED) is 0.0195. The van der Waals surface area contributed by atoms with Crippen LogP contribution in [-0.2, 0) is 32.7 Å². The molecule has 0 aromatic heterocycles. The van der Waals surface area contributed by atoms with E-state index in [0.717, 1.165) is 83.5 Å². The number of hydrogen-bond acceptors (Lipinski definition) is 8. The van der Waals surface area contributed by atoms with Crippen LogP contribution in [0, 0.1) is 0 Å². The zero-order chi connectivity index (χ0) is 45.7. The number of phosphoric acid groups is 1. The molecule has 0 amide bonds. The van der Waals surface area contributed by atoms with E-state index in [9.17, 15) is 19.0 Å². The van der Waals surface area contributed by atoms with Gasteiger partial charge in [-0.25, -0.2) is 0 Å². The second kappa shape index (κ2) is 43.7. The highest BCUT2D eigenvalue weighted by atomic mass is 31.2. The number of nitrogens with zero attached hydrogens (tertiary/aromatic N) is 1. The summed E-state index contributed by atoms with van der Waals surface area (Å²) in [5, 5.41) is 0. The molecular formula is C52H92NO8P. The number of esters is 2. The minimum Gasteiger partial charge on any atom is -0.756 e. The standard InChI is InChI=1S/C52H92NO8P/c1-6-8-10-12-14-16-17-18-19-20-21-22-23-24-25-26-27-28-29-30-31-32-33-34-35-37-39-41-43-45-52(55)61-50(49-60-62(56,57)59-47-46-53(3,4)5)48-58-51(54)44-42-40-38-36-15-13-11-9-7-2/h8,10,14,16,18-19,21-22,24-25,27-28,50H,6-7,9,11-13,15,17,20,23,26,29-49H2,1-5H3/b10-8-,16-14-,19-18-,22-21-,25-24-,28-27-. The summed E-state index contributed by atoms with van der Waals surface area (Å²) in [4.78, 5) is 37.5. The monoisotopic (exact) mass is 890 g/mol. The Hall–Kier alpha value is -2.55. The molecule has 62 heavy (non-hydrogen) atoms. The largest absolute Gasteiger partial charge is 0.756 e. The van der Waals surface area contributed by atoms with Crippen molar-refractivity contribution in [3.63, 3.8) is 0 Å². The minimum absolute atomic E-state index is 0.0335.